The molecule has 0 radical (unpaired) electrons. The number of thioether (sulfide) groups is 1. The number of carbonyl (C=O) groups is 3. The fraction of sp³-hybridized carbons (Fsp3) is 0.400. The number of aliphatic hydroxyl groups is 1. The normalized spacial score (nSPS) is 16.3. The van der Waals surface area contributed by atoms with Crippen LogP contribution in [0.4, 0.5) is 10.7 Å². The van der Waals surface area contributed by atoms with Crippen LogP contribution >= 0.6 is 23.1 Å². The summed E-state index contributed by atoms with van der Waals surface area (Å²) in [4.78, 5) is 38.2. The van der Waals surface area contributed by atoms with E-state index in [0.29, 0.717) is 12.1 Å². The van der Waals surface area contributed by atoms with Crippen LogP contribution in [0, 0.1) is 18.8 Å². The molecule has 3 N–H and O–H groups in total. The number of thiophene rings is 1. The fourth-order valence-electron chi connectivity index (χ4n) is 5.12. The van der Waals surface area contributed by atoms with Crippen LogP contribution in [0.1, 0.15) is 84.2 Å². The van der Waals surface area contributed by atoms with Gasteiger partial charge in [0.15, 0.2) is 11.6 Å². The third-order valence-electron chi connectivity index (χ3n) is 7.81. The standard InChI is InChI=1S/C35H42N2O4S2/c1-23(21-38)20-36-31-16-14-29(15-17-31)34(41)37-35-24(2)18-32(43-35)42-22-26-8-6-13-30(19-26)33(40)28-10-5-4-9-27(25(3)39)11-7-12-28/h6,8,11,13-19,23,28,36,38H,4-5,7,9-10,12,20-22H2,1-3H3,(H,37,41)/t23-,28?/m1/s1. The lowest BCUT2D eigenvalue weighted by atomic mass is 9.89. The van der Waals surface area contributed by atoms with Gasteiger partial charge in [0.2, 0.25) is 0 Å². The van der Waals surface area contributed by atoms with Crippen LogP contribution in [0.25, 0.3) is 0 Å². The summed E-state index contributed by atoms with van der Waals surface area (Å²) in [5, 5.41) is 16.3. The van der Waals surface area contributed by atoms with E-state index in [0.717, 1.165) is 81.4 Å². The summed E-state index contributed by atoms with van der Waals surface area (Å²) in [6.45, 7) is 6.39. The van der Waals surface area contributed by atoms with Gasteiger partial charge >= 0.3 is 0 Å². The van der Waals surface area contributed by atoms with Crippen LogP contribution in [0.3, 0.4) is 0 Å². The summed E-state index contributed by atoms with van der Waals surface area (Å²) in [5.74, 6) is 1.07. The highest BCUT2D eigenvalue weighted by Crippen LogP contribution is 2.36. The minimum Gasteiger partial charge on any atom is -0.396 e. The Labute approximate surface area is 263 Å². The topological polar surface area (TPSA) is 95.5 Å². The minimum atomic E-state index is -0.152. The van der Waals surface area contributed by atoms with E-state index < -0.39 is 0 Å². The number of hydrogen-bond donors (Lipinski definition) is 3. The SMILES string of the molecule is CC(=O)C1=CCCC(C(=O)c2cccc(CSc3cc(C)c(NC(=O)c4ccc(NC[C@@H](C)CO)cc4)s3)c2)CCCC1. The lowest BCUT2D eigenvalue weighted by Crippen LogP contribution is -2.15. The molecule has 2 aromatic carbocycles. The van der Waals surface area contributed by atoms with E-state index in [-0.39, 0.29) is 35.9 Å². The van der Waals surface area contributed by atoms with Gasteiger partial charge in [-0.25, -0.2) is 0 Å². The number of aryl methyl sites for hydroxylation is 1. The van der Waals surface area contributed by atoms with Crippen molar-refractivity contribution in [1.82, 2.24) is 0 Å². The maximum atomic E-state index is 13.4. The maximum Gasteiger partial charge on any atom is 0.256 e. The van der Waals surface area contributed by atoms with E-state index in [4.69, 9.17) is 0 Å². The molecule has 0 spiro atoms. The second-order valence-corrected chi connectivity index (χ2v) is 13.8. The van der Waals surface area contributed by atoms with Crippen LogP contribution in [0.5, 0.6) is 0 Å². The van der Waals surface area contributed by atoms with Gasteiger partial charge < -0.3 is 15.7 Å². The molecule has 0 saturated carbocycles. The number of carbonyl (C=O) groups excluding carboxylic acids is 3. The highest BCUT2D eigenvalue weighted by molar-refractivity contribution is 8.00. The average Bonchev–Trinajstić information content (AvgIpc) is 3.42. The zero-order chi connectivity index (χ0) is 30.8. The summed E-state index contributed by atoms with van der Waals surface area (Å²) in [6.07, 6.45) is 7.17. The first-order valence-corrected chi connectivity index (χ1v) is 16.9. The van der Waals surface area contributed by atoms with Gasteiger partial charge in [-0.1, -0.05) is 37.6 Å². The Bertz CT molecular complexity index is 1440. The van der Waals surface area contributed by atoms with Gasteiger partial charge in [-0.15, -0.1) is 23.1 Å². The molecule has 0 fully saturated rings. The molecule has 6 nitrogen and oxygen atoms in total. The third kappa shape index (κ3) is 9.65. The largest absolute Gasteiger partial charge is 0.396 e. The van der Waals surface area contributed by atoms with Gasteiger partial charge in [-0.05, 0) is 105 Å². The molecule has 43 heavy (non-hydrogen) atoms. The van der Waals surface area contributed by atoms with Crippen molar-refractivity contribution in [3.63, 3.8) is 0 Å². The zero-order valence-corrected chi connectivity index (χ0v) is 26.9. The van der Waals surface area contributed by atoms with E-state index in [1.165, 1.54) is 0 Å². The van der Waals surface area contributed by atoms with E-state index in [1.807, 2.05) is 50.3 Å². The second kappa shape index (κ2) is 16.0. The lowest BCUT2D eigenvalue weighted by Gasteiger charge is -2.15. The minimum absolute atomic E-state index is 0.0148. The van der Waals surface area contributed by atoms with Crippen molar-refractivity contribution in [1.29, 1.82) is 0 Å². The predicted octanol–water partition coefficient (Wildman–Crippen LogP) is 8.31. The molecule has 1 aliphatic carbocycles. The first-order chi connectivity index (χ1) is 20.7. The molecular formula is C35H42N2O4S2. The average molecular weight is 619 g/mol. The number of hydrogen-bond acceptors (Lipinski definition) is 7. The highest BCUT2D eigenvalue weighted by atomic mass is 32.2. The molecule has 1 heterocycles. The van der Waals surface area contributed by atoms with Gasteiger partial charge in [-0.2, -0.15) is 0 Å². The molecule has 1 amide bonds. The molecule has 1 aliphatic rings. The van der Waals surface area contributed by atoms with Crippen LogP contribution in [0.2, 0.25) is 0 Å². The van der Waals surface area contributed by atoms with Crippen molar-refractivity contribution in [2.75, 3.05) is 23.8 Å². The Kier molecular flexibility index (Phi) is 12.2. The van der Waals surface area contributed by atoms with Crippen molar-refractivity contribution in [2.45, 2.75) is 69.3 Å². The quantitative estimate of drug-likeness (QED) is 0.140. The molecule has 8 heteroatoms. The van der Waals surface area contributed by atoms with Gasteiger partial charge in [0, 0.05) is 41.6 Å². The van der Waals surface area contributed by atoms with Crippen LogP contribution in [-0.2, 0) is 10.5 Å². The van der Waals surface area contributed by atoms with E-state index >= 15 is 0 Å². The number of anilines is 2. The summed E-state index contributed by atoms with van der Waals surface area (Å²) < 4.78 is 1.10. The molecule has 0 bridgehead atoms. The predicted molar refractivity (Wildman–Crippen MR) is 178 cm³/mol. The van der Waals surface area contributed by atoms with Crippen molar-refractivity contribution in [3.8, 4) is 0 Å². The van der Waals surface area contributed by atoms with Crippen LogP contribution in [0.15, 0.2) is 70.5 Å². The van der Waals surface area contributed by atoms with Gasteiger partial charge in [0.05, 0.1) is 9.21 Å². The van der Waals surface area contributed by atoms with Crippen LogP contribution in [-0.4, -0.2) is 35.7 Å². The Hall–Kier alpha value is -3.20. The van der Waals surface area contributed by atoms with Gasteiger partial charge in [0.1, 0.15) is 0 Å². The van der Waals surface area contributed by atoms with Crippen LogP contribution < -0.4 is 10.6 Å². The molecule has 1 unspecified atom stereocenters. The number of benzene rings is 2. The van der Waals surface area contributed by atoms with E-state index in [2.05, 4.69) is 22.8 Å². The van der Waals surface area contributed by atoms with E-state index in [1.54, 1.807) is 42.2 Å². The number of aliphatic hydroxyl groups excluding tert-OH is 1. The van der Waals surface area contributed by atoms with Crippen molar-refractivity contribution in [2.24, 2.45) is 11.8 Å². The Morgan fingerprint density at radius 2 is 1.84 bits per heavy atom. The number of amides is 1. The van der Waals surface area contributed by atoms with Crippen molar-refractivity contribution < 1.29 is 19.5 Å². The van der Waals surface area contributed by atoms with Gasteiger partial charge in [0.25, 0.3) is 5.91 Å². The molecule has 0 saturated heterocycles. The molecule has 2 atom stereocenters. The number of allylic oxidation sites excluding steroid dienone is 2. The van der Waals surface area contributed by atoms with Gasteiger partial charge in [-0.3, -0.25) is 14.4 Å². The first kappa shape index (κ1) is 32.7. The smallest absolute Gasteiger partial charge is 0.256 e. The molecule has 4 rings (SSSR count). The second-order valence-electron chi connectivity index (χ2n) is 11.4. The third-order valence-corrected chi connectivity index (χ3v) is 10.2. The summed E-state index contributed by atoms with van der Waals surface area (Å²) in [7, 11) is 0. The lowest BCUT2D eigenvalue weighted by molar-refractivity contribution is -0.113. The van der Waals surface area contributed by atoms with Crippen molar-refractivity contribution >= 4 is 51.3 Å². The molecular weight excluding hydrogens is 577 g/mol. The highest BCUT2D eigenvalue weighted by Gasteiger charge is 2.21. The van der Waals surface area contributed by atoms with E-state index in [9.17, 15) is 19.5 Å². The summed E-state index contributed by atoms with van der Waals surface area (Å²) >= 11 is 3.26. The Morgan fingerprint density at radius 1 is 1.05 bits per heavy atom. The summed E-state index contributed by atoms with van der Waals surface area (Å²) in [5.41, 5.74) is 5.27. The molecule has 228 valence electrons. The molecule has 1 aromatic heterocycles. The maximum absolute atomic E-state index is 13.4. The van der Waals surface area contributed by atoms with Crippen molar-refractivity contribution in [3.05, 3.63) is 88.5 Å². The number of Topliss-reactive ketones (excluding diaryl/α,β-unsaturated/α-hetero) is 2. The molecule has 0 aliphatic heterocycles. The Balaban J connectivity index is 1.32. The fourth-order valence-corrected chi connectivity index (χ4v) is 7.33. The monoisotopic (exact) mass is 618 g/mol. The zero-order valence-electron chi connectivity index (χ0n) is 25.3. The number of rotatable bonds is 12. The first-order valence-electron chi connectivity index (χ1n) is 15.1. The number of ketones is 2. The Morgan fingerprint density at radius 3 is 2.58 bits per heavy atom. The number of nitrogens with one attached hydrogen (secondary N) is 2. The molecule has 3 aromatic rings. The summed E-state index contributed by atoms with van der Waals surface area (Å²) in [6, 6.07) is 17.4.